The molecule has 114 valence electrons. The number of carboxylic acid groups (broad SMARTS) is 1. The Labute approximate surface area is 120 Å². The molecule has 0 saturated carbocycles. The number of rotatable bonds is 4. The van der Waals surface area contributed by atoms with Crippen molar-refractivity contribution in [2.75, 3.05) is 32.8 Å². The van der Waals surface area contributed by atoms with Gasteiger partial charge in [-0.05, 0) is 58.2 Å². The topological polar surface area (TPSA) is 53.0 Å². The van der Waals surface area contributed by atoms with E-state index in [0.717, 1.165) is 58.5 Å². The lowest BCUT2D eigenvalue weighted by atomic mass is 10.0. The predicted molar refractivity (Wildman–Crippen MR) is 75.8 cm³/mol. The van der Waals surface area contributed by atoms with Crippen molar-refractivity contribution in [3.05, 3.63) is 0 Å². The van der Waals surface area contributed by atoms with Gasteiger partial charge in [0.2, 0.25) is 0 Å². The Hall–Kier alpha value is -0.650. The van der Waals surface area contributed by atoms with Gasteiger partial charge in [-0.15, -0.1) is 0 Å². The summed E-state index contributed by atoms with van der Waals surface area (Å²) >= 11 is 0. The van der Waals surface area contributed by atoms with Crippen LogP contribution in [0.4, 0.5) is 0 Å². The summed E-state index contributed by atoms with van der Waals surface area (Å²) in [6.07, 6.45) is 6.92. The van der Waals surface area contributed by atoms with Crippen LogP contribution in [-0.4, -0.2) is 71.8 Å². The van der Waals surface area contributed by atoms with Crippen LogP contribution in [0.2, 0.25) is 0 Å². The molecule has 2 unspecified atom stereocenters. The summed E-state index contributed by atoms with van der Waals surface area (Å²) in [7, 11) is 0. The van der Waals surface area contributed by atoms with Crippen LogP contribution in [0.5, 0.6) is 0 Å². The highest BCUT2D eigenvalue weighted by atomic mass is 16.5. The van der Waals surface area contributed by atoms with Crippen LogP contribution in [-0.2, 0) is 9.53 Å². The van der Waals surface area contributed by atoms with Gasteiger partial charge in [0.15, 0.2) is 0 Å². The lowest BCUT2D eigenvalue weighted by Gasteiger charge is -2.39. The number of aliphatic carboxylic acids is 1. The van der Waals surface area contributed by atoms with Crippen LogP contribution in [0.15, 0.2) is 0 Å². The highest BCUT2D eigenvalue weighted by molar-refractivity contribution is 5.73. The average Bonchev–Trinajstić information content (AvgIpc) is 3.10. The molecule has 3 fully saturated rings. The van der Waals surface area contributed by atoms with Crippen molar-refractivity contribution in [1.82, 2.24) is 9.80 Å². The number of carbonyl (C=O) groups is 1. The van der Waals surface area contributed by atoms with Crippen molar-refractivity contribution >= 4 is 5.97 Å². The van der Waals surface area contributed by atoms with E-state index in [1.54, 1.807) is 0 Å². The van der Waals surface area contributed by atoms with Crippen molar-refractivity contribution in [3.8, 4) is 0 Å². The third-order valence-corrected chi connectivity index (χ3v) is 5.09. The highest BCUT2D eigenvalue weighted by Crippen LogP contribution is 2.26. The molecule has 0 amide bonds. The fourth-order valence-electron chi connectivity index (χ4n) is 4.00. The van der Waals surface area contributed by atoms with E-state index in [1.165, 1.54) is 12.8 Å². The molecule has 0 spiro atoms. The van der Waals surface area contributed by atoms with E-state index in [-0.39, 0.29) is 6.04 Å². The van der Waals surface area contributed by atoms with E-state index in [9.17, 15) is 9.90 Å². The molecule has 3 aliphatic rings. The Morgan fingerprint density at radius 2 is 1.90 bits per heavy atom. The second-order valence-electron chi connectivity index (χ2n) is 6.40. The van der Waals surface area contributed by atoms with Gasteiger partial charge >= 0.3 is 5.97 Å². The zero-order valence-corrected chi connectivity index (χ0v) is 12.2. The number of carboxylic acids is 1. The van der Waals surface area contributed by atoms with Crippen molar-refractivity contribution in [2.45, 2.75) is 56.7 Å². The number of nitrogens with zero attached hydrogens (tertiary/aromatic N) is 2. The first-order valence-electron chi connectivity index (χ1n) is 8.06. The summed E-state index contributed by atoms with van der Waals surface area (Å²) in [6, 6.07) is 0.240. The molecule has 0 bridgehead atoms. The predicted octanol–water partition coefficient (Wildman–Crippen LogP) is 1.18. The van der Waals surface area contributed by atoms with Crippen LogP contribution in [0.1, 0.15) is 38.5 Å². The summed E-state index contributed by atoms with van der Waals surface area (Å²) in [5, 5.41) is 9.29. The quantitative estimate of drug-likeness (QED) is 0.839. The molecule has 0 aromatic heterocycles. The van der Waals surface area contributed by atoms with E-state index in [4.69, 9.17) is 4.74 Å². The second kappa shape index (κ2) is 6.41. The molecule has 3 rings (SSSR count). The molecule has 3 aliphatic heterocycles. The van der Waals surface area contributed by atoms with Crippen LogP contribution in [0, 0.1) is 0 Å². The molecule has 5 nitrogen and oxygen atoms in total. The third-order valence-electron chi connectivity index (χ3n) is 5.09. The SMILES string of the molecule is O=C(O)C1CCCN1C1CCN(CC2CCCO2)CC1. The smallest absolute Gasteiger partial charge is 0.320 e. The van der Waals surface area contributed by atoms with Gasteiger partial charge < -0.3 is 14.7 Å². The van der Waals surface area contributed by atoms with Crippen LogP contribution < -0.4 is 0 Å². The van der Waals surface area contributed by atoms with Crippen LogP contribution in [0.3, 0.4) is 0 Å². The van der Waals surface area contributed by atoms with Crippen LogP contribution >= 0.6 is 0 Å². The maximum Gasteiger partial charge on any atom is 0.320 e. The number of hydrogen-bond acceptors (Lipinski definition) is 4. The lowest BCUT2D eigenvalue weighted by Crippen LogP contribution is -2.49. The molecule has 20 heavy (non-hydrogen) atoms. The monoisotopic (exact) mass is 282 g/mol. The Morgan fingerprint density at radius 1 is 1.10 bits per heavy atom. The molecule has 5 heteroatoms. The Bertz CT molecular complexity index is 336. The zero-order chi connectivity index (χ0) is 13.9. The molecular formula is C15H26N2O3. The van der Waals surface area contributed by atoms with Gasteiger partial charge in [-0.25, -0.2) is 0 Å². The Morgan fingerprint density at radius 3 is 2.55 bits per heavy atom. The van der Waals surface area contributed by atoms with Gasteiger partial charge in [0.25, 0.3) is 0 Å². The zero-order valence-electron chi connectivity index (χ0n) is 12.2. The van der Waals surface area contributed by atoms with Gasteiger partial charge in [0.05, 0.1) is 6.10 Å². The first-order valence-corrected chi connectivity index (χ1v) is 8.06. The van der Waals surface area contributed by atoms with Crippen molar-refractivity contribution in [3.63, 3.8) is 0 Å². The van der Waals surface area contributed by atoms with Crippen molar-refractivity contribution in [2.24, 2.45) is 0 Å². The summed E-state index contributed by atoms with van der Waals surface area (Å²) in [5.41, 5.74) is 0. The summed E-state index contributed by atoms with van der Waals surface area (Å²) < 4.78 is 5.70. The summed E-state index contributed by atoms with van der Waals surface area (Å²) in [4.78, 5) is 16.0. The van der Waals surface area contributed by atoms with E-state index >= 15 is 0 Å². The van der Waals surface area contributed by atoms with E-state index in [2.05, 4.69) is 9.80 Å². The van der Waals surface area contributed by atoms with Crippen LogP contribution in [0.25, 0.3) is 0 Å². The molecule has 1 N–H and O–H groups in total. The van der Waals surface area contributed by atoms with Gasteiger partial charge in [-0.3, -0.25) is 9.69 Å². The molecule has 0 aromatic carbocycles. The van der Waals surface area contributed by atoms with E-state index in [0.29, 0.717) is 12.1 Å². The van der Waals surface area contributed by atoms with Crippen molar-refractivity contribution in [1.29, 1.82) is 0 Å². The summed E-state index contributed by atoms with van der Waals surface area (Å²) in [6.45, 7) is 5.14. The van der Waals surface area contributed by atoms with E-state index < -0.39 is 5.97 Å². The van der Waals surface area contributed by atoms with Crippen molar-refractivity contribution < 1.29 is 14.6 Å². The largest absolute Gasteiger partial charge is 0.480 e. The molecule has 0 aliphatic carbocycles. The van der Waals surface area contributed by atoms with Gasteiger partial charge in [0, 0.05) is 19.2 Å². The minimum atomic E-state index is -0.635. The number of ether oxygens (including phenoxy) is 1. The van der Waals surface area contributed by atoms with E-state index in [1.807, 2.05) is 0 Å². The molecule has 2 atom stereocenters. The molecular weight excluding hydrogens is 256 g/mol. The second-order valence-corrected chi connectivity index (χ2v) is 6.40. The normalized spacial score (nSPS) is 33.8. The molecule has 3 heterocycles. The lowest BCUT2D eigenvalue weighted by molar-refractivity contribution is -0.143. The minimum Gasteiger partial charge on any atom is -0.480 e. The molecule has 0 aromatic rings. The molecule has 3 saturated heterocycles. The first kappa shape index (κ1) is 14.3. The summed E-state index contributed by atoms with van der Waals surface area (Å²) in [5.74, 6) is -0.635. The number of piperidine rings is 1. The Kier molecular flexibility index (Phi) is 4.58. The van der Waals surface area contributed by atoms with Gasteiger partial charge in [0.1, 0.15) is 6.04 Å². The standard InChI is InChI=1S/C15H26N2O3/c18-15(19)14-4-1-7-17(14)12-5-8-16(9-6-12)11-13-3-2-10-20-13/h12-14H,1-11H2,(H,18,19). The number of likely N-dealkylation sites (tertiary alicyclic amines) is 2. The fourth-order valence-corrected chi connectivity index (χ4v) is 4.00. The Balaban J connectivity index is 1.46. The number of hydrogen-bond donors (Lipinski definition) is 1. The maximum atomic E-state index is 11.3. The average molecular weight is 282 g/mol. The highest BCUT2D eigenvalue weighted by Gasteiger charge is 2.36. The maximum absolute atomic E-state index is 11.3. The molecule has 0 radical (unpaired) electrons. The third kappa shape index (κ3) is 3.15. The first-order chi connectivity index (χ1) is 9.74. The van der Waals surface area contributed by atoms with Gasteiger partial charge in [-0.2, -0.15) is 0 Å². The van der Waals surface area contributed by atoms with Gasteiger partial charge in [-0.1, -0.05) is 0 Å². The minimum absolute atomic E-state index is 0.232. The fraction of sp³-hybridized carbons (Fsp3) is 0.933.